The van der Waals surface area contributed by atoms with Crippen molar-refractivity contribution >= 4 is 37.5 Å². The Morgan fingerprint density at radius 3 is 2.39 bits per heavy atom. The minimum Gasteiger partial charge on any atom is -0.321 e. The van der Waals surface area contributed by atoms with Gasteiger partial charge in [0, 0.05) is 24.7 Å². The predicted octanol–water partition coefficient (Wildman–Crippen LogP) is 2.42. The van der Waals surface area contributed by atoms with Gasteiger partial charge in [-0.3, -0.25) is 9.59 Å². The second-order valence-electron chi connectivity index (χ2n) is 8.46. The second-order valence-corrected chi connectivity index (χ2v) is 12.2. The molecule has 0 bridgehead atoms. The molecular weight excluding hydrogens is 466 g/mol. The number of rotatable bonds is 5. The van der Waals surface area contributed by atoms with E-state index in [0.29, 0.717) is 25.9 Å². The maximum absolute atomic E-state index is 13.2. The lowest BCUT2D eigenvalue weighted by molar-refractivity contribution is 0.0864. The second kappa shape index (κ2) is 7.93. The van der Waals surface area contributed by atoms with E-state index in [2.05, 4.69) is 5.32 Å². The molecule has 33 heavy (non-hydrogen) atoms. The van der Waals surface area contributed by atoms with Gasteiger partial charge in [-0.05, 0) is 56.0 Å². The summed E-state index contributed by atoms with van der Waals surface area (Å²) in [6.07, 6.45) is 3.82. The number of hydrogen-bond donors (Lipinski definition) is 1. The molecule has 9 nitrogen and oxygen atoms in total. The van der Waals surface area contributed by atoms with Crippen LogP contribution in [0.5, 0.6) is 0 Å². The smallest absolute Gasteiger partial charge is 0.269 e. The van der Waals surface area contributed by atoms with Crippen LogP contribution in [0.4, 0.5) is 5.69 Å². The quantitative estimate of drug-likeness (QED) is 0.689. The summed E-state index contributed by atoms with van der Waals surface area (Å²) in [6.45, 7) is 0.859. The van der Waals surface area contributed by atoms with Crippen LogP contribution in [0, 0.1) is 0 Å². The Morgan fingerprint density at radius 1 is 1.00 bits per heavy atom. The molecule has 11 heteroatoms. The number of para-hydroxylation sites is 1. The van der Waals surface area contributed by atoms with Crippen molar-refractivity contribution in [2.24, 2.45) is 0 Å². The zero-order valence-electron chi connectivity index (χ0n) is 17.7. The van der Waals surface area contributed by atoms with Gasteiger partial charge in [0.2, 0.25) is 10.0 Å². The van der Waals surface area contributed by atoms with Crippen molar-refractivity contribution in [1.82, 2.24) is 8.61 Å². The maximum atomic E-state index is 13.2. The van der Waals surface area contributed by atoms with Gasteiger partial charge < -0.3 is 5.32 Å². The van der Waals surface area contributed by atoms with E-state index in [1.807, 2.05) is 0 Å². The van der Waals surface area contributed by atoms with Crippen molar-refractivity contribution in [3.05, 3.63) is 53.6 Å². The first kappa shape index (κ1) is 22.1. The molecule has 2 aromatic rings. The van der Waals surface area contributed by atoms with E-state index in [9.17, 15) is 26.4 Å². The molecule has 0 radical (unpaired) electrons. The molecular formula is C22H23N3O6S2. The van der Waals surface area contributed by atoms with Crippen LogP contribution in [0.3, 0.4) is 0 Å². The lowest BCUT2D eigenvalue weighted by atomic mass is 10.1. The first-order valence-corrected chi connectivity index (χ1v) is 13.7. The van der Waals surface area contributed by atoms with Crippen LogP contribution in [0.15, 0.2) is 52.3 Å². The van der Waals surface area contributed by atoms with Gasteiger partial charge in [0.05, 0.1) is 11.3 Å². The fraction of sp³-hybridized carbons (Fsp3) is 0.364. The summed E-state index contributed by atoms with van der Waals surface area (Å²) >= 11 is 0. The number of benzene rings is 2. The van der Waals surface area contributed by atoms with Gasteiger partial charge in [-0.1, -0.05) is 18.6 Å². The largest absolute Gasteiger partial charge is 0.321 e. The molecule has 174 valence electrons. The summed E-state index contributed by atoms with van der Waals surface area (Å²) in [6, 6.07) is 9.72. The van der Waals surface area contributed by atoms with Gasteiger partial charge in [-0.2, -0.15) is 4.31 Å². The fourth-order valence-electron chi connectivity index (χ4n) is 4.29. The van der Waals surface area contributed by atoms with E-state index in [1.54, 1.807) is 12.1 Å². The van der Waals surface area contributed by atoms with Crippen LogP contribution in [-0.4, -0.2) is 56.4 Å². The van der Waals surface area contributed by atoms with Gasteiger partial charge in [0.25, 0.3) is 21.8 Å². The van der Waals surface area contributed by atoms with Crippen molar-refractivity contribution in [2.75, 3.05) is 18.4 Å². The summed E-state index contributed by atoms with van der Waals surface area (Å²) in [5, 5.41) is 2.61. The molecule has 2 fully saturated rings. The number of carbonyl (C=O) groups excluding carboxylic acids is 2. The van der Waals surface area contributed by atoms with E-state index >= 15 is 0 Å². The highest BCUT2D eigenvalue weighted by Crippen LogP contribution is 2.39. The lowest BCUT2D eigenvalue weighted by Gasteiger charge is -2.26. The van der Waals surface area contributed by atoms with E-state index < -0.39 is 31.9 Å². The number of amides is 2. The maximum Gasteiger partial charge on any atom is 0.269 e. The van der Waals surface area contributed by atoms with Crippen molar-refractivity contribution in [2.45, 2.75) is 47.9 Å². The first-order chi connectivity index (χ1) is 15.7. The number of nitrogens with one attached hydrogen (secondary N) is 1. The summed E-state index contributed by atoms with van der Waals surface area (Å²) in [7, 11) is -7.80. The number of nitrogens with zero attached hydrogens (tertiary/aromatic N) is 2. The molecule has 1 N–H and O–H groups in total. The molecule has 0 spiro atoms. The van der Waals surface area contributed by atoms with Crippen molar-refractivity contribution < 1.29 is 26.4 Å². The molecule has 1 aliphatic carbocycles. The summed E-state index contributed by atoms with van der Waals surface area (Å²) in [4.78, 5) is 25.3. The molecule has 5 rings (SSSR count). The van der Waals surface area contributed by atoms with Crippen molar-refractivity contribution in [3.8, 4) is 0 Å². The molecule has 2 aromatic carbocycles. The SMILES string of the molecule is O=C(Nc1ccccc1S(=O)(=O)N1CCCCC1)c1ccc2c(c1)S(=O)(=O)N(C1CC1)C2=O. The summed E-state index contributed by atoms with van der Waals surface area (Å²) < 4.78 is 54.4. The van der Waals surface area contributed by atoms with Crippen LogP contribution in [0.25, 0.3) is 0 Å². The normalized spacial score (nSPS) is 20.5. The Kier molecular flexibility index (Phi) is 5.30. The third-order valence-electron chi connectivity index (χ3n) is 6.16. The molecule has 1 saturated heterocycles. The van der Waals surface area contributed by atoms with E-state index in [1.165, 1.54) is 34.6 Å². The van der Waals surface area contributed by atoms with Gasteiger partial charge in [0.1, 0.15) is 9.79 Å². The minimum atomic E-state index is -4.01. The van der Waals surface area contributed by atoms with Crippen LogP contribution in [0.1, 0.15) is 52.8 Å². The van der Waals surface area contributed by atoms with Gasteiger partial charge >= 0.3 is 0 Å². The molecule has 0 atom stereocenters. The molecule has 2 amide bonds. The first-order valence-electron chi connectivity index (χ1n) is 10.8. The Morgan fingerprint density at radius 2 is 1.70 bits per heavy atom. The lowest BCUT2D eigenvalue weighted by Crippen LogP contribution is -2.36. The Labute approximate surface area is 192 Å². The number of hydrogen-bond acceptors (Lipinski definition) is 6. The summed E-state index contributed by atoms with van der Waals surface area (Å²) in [5.41, 5.74) is 0.187. The number of piperidine rings is 1. The summed E-state index contributed by atoms with van der Waals surface area (Å²) in [5.74, 6) is -1.23. The number of fused-ring (bicyclic) bond motifs is 1. The van der Waals surface area contributed by atoms with Crippen molar-refractivity contribution in [1.29, 1.82) is 0 Å². The van der Waals surface area contributed by atoms with E-state index in [0.717, 1.165) is 23.6 Å². The Balaban J connectivity index is 1.44. The molecule has 2 heterocycles. The highest BCUT2D eigenvalue weighted by atomic mass is 32.2. The third kappa shape index (κ3) is 3.73. The zero-order chi connectivity index (χ0) is 23.4. The third-order valence-corrected chi connectivity index (χ3v) is 9.99. The number of anilines is 1. The van der Waals surface area contributed by atoms with Crippen LogP contribution >= 0.6 is 0 Å². The van der Waals surface area contributed by atoms with Crippen LogP contribution < -0.4 is 5.32 Å². The predicted molar refractivity (Wildman–Crippen MR) is 120 cm³/mol. The van der Waals surface area contributed by atoms with E-state index in [-0.39, 0.29) is 32.6 Å². The monoisotopic (exact) mass is 489 g/mol. The Bertz CT molecular complexity index is 1360. The average molecular weight is 490 g/mol. The van der Waals surface area contributed by atoms with Gasteiger partial charge in [-0.15, -0.1) is 0 Å². The fourth-order valence-corrected chi connectivity index (χ4v) is 7.80. The van der Waals surface area contributed by atoms with Gasteiger partial charge in [-0.25, -0.2) is 21.1 Å². The molecule has 0 aromatic heterocycles. The van der Waals surface area contributed by atoms with Gasteiger partial charge in [0.15, 0.2) is 0 Å². The zero-order valence-corrected chi connectivity index (χ0v) is 19.4. The average Bonchev–Trinajstić information content (AvgIpc) is 3.61. The van der Waals surface area contributed by atoms with Crippen LogP contribution in [-0.2, 0) is 20.0 Å². The van der Waals surface area contributed by atoms with Crippen molar-refractivity contribution in [3.63, 3.8) is 0 Å². The highest BCUT2D eigenvalue weighted by Gasteiger charge is 2.48. The standard InChI is InChI=1S/C22H23N3O6S2/c26-21(15-8-11-17-20(14-15)33(30,31)25(22(17)27)16-9-10-16)23-18-6-2-3-7-19(18)32(28,29)24-12-4-1-5-13-24/h2-3,6-8,11,14,16H,1,4-5,9-10,12-13H2,(H,23,26). The Hall–Kier alpha value is -2.76. The number of sulfonamides is 2. The van der Waals surface area contributed by atoms with E-state index in [4.69, 9.17) is 0 Å². The molecule has 1 saturated carbocycles. The molecule has 3 aliphatic rings. The number of carbonyl (C=O) groups is 2. The van der Waals surface area contributed by atoms with Crippen LogP contribution in [0.2, 0.25) is 0 Å². The molecule has 2 aliphatic heterocycles. The molecule has 0 unspecified atom stereocenters. The topological polar surface area (TPSA) is 121 Å². The minimum absolute atomic E-state index is 0.0101. The highest BCUT2D eigenvalue weighted by molar-refractivity contribution is 7.90.